The van der Waals surface area contributed by atoms with Crippen LogP contribution in [0.15, 0.2) is 18.2 Å². The molecule has 0 aliphatic carbocycles. The molecule has 0 spiro atoms. The van der Waals surface area contributed by atoms with Gasteiger partial charge in [-0.15, -0.1) is 0 Å². The molecule has 2 heterocycles. The molecule has 24 heavy (non-hydrogen) atoms. The summed E-state index contributed by atoms with van der Waals surface area (Å²) in [7, 11) is 0. The van der Waals surface area contributed by atoms with Crippen LogP contribution in [0.4, 0.5) is 0 Å². The van der Waals surface area contributed by atoms with Crippen LogP contribution in [0.5, 0.6) is 5.75 Å². The van der Waals surface area contributed by atoms with Crippen molar-refractivity contribution in [2.75, 3.05) is 32.9 Å². The highest BCUT2D eigenvalue weighted by Crippen LogP contribution is 2.24. The molecular formula is C17H22N2O5. The molecule has 3 rings (SSSR count). The topological polar surface area (TPSA) is 88.1 Å². The molecule has 1 fully saturated rings. The Bertz CT molecular complexity index is 613. The van der Waals surface area contributed by atoms with Gasteiger partial charge < -0.3 is 14.4 Å². The van der Waals surface area contributed by atoms with Crippen molar-refractivity contribution in [3.05, 3.63) is 29.3 Å². The number of nitrogens with one attached hydrogen (secondary N) is 1. The van der Waals surface area contributed by atoms with E-state index in [9.17, 15) is 9.59 Å². The average Bonchev–Trinajstić information content (AvgIpc) is 2.62. The minimum Gasteiger partial charge on any atom is -0.491 e. The van der Waals surface area contributed by atoms with Crippen LogP contribution >= 0.6 is 0 Å². The van der Waals surface area contributed by atoms with Crippen LogP contribution < -0.4 is 10.2 Å². The normalized spacial score (nSPS) is 18.8. The van der Waals surface area contributed by atoms with E-state index in [1.807, 2.05) is 4.90 Å². The smallest absolute Gasteiger partial charge is 0.274 e. The van der Waals surface area contributed by atoms with Crippen LogP contribution in [0.2, 0.25) is 0 Å². The summed E-state index contributed by atoms with van der Waals surface area (Å²) >= 11 is 0. The molecule has 7 nitrogen and oxygen atoms in total. The van der Waals surface area contributed by atoms with Gasteiger partial charge in [-0.3, -0.25) is 14.8 Å². The molecular weight excluding hydrogens is 312 g/mol. The fraction of sp³-hybridized carbons (Fsp3) is 0.529. The van der Waals surface area contributed by atoms with Gasteiger partial charge in [0.05, 0.1) is 6.54 Å². The second-order valence-electron chi connectivity index (χ2n) is 6.07. The highest BCUT2D eigenvalue weighted by molar-refractivity contribution is 5.93. The zero-order chi connectivity index (χ0) is 16.9. The van der Waals surface area contributed by atoms with E-state index < -0.39 is 5.91 Å². The van der Waals surface area contributed by atoms with Gasteiger partial charge in [0.2, 0.25) is 5.91 Å². The van der Waals surface area contributed by atoms with Gasteiger partial charge in [0.15, 0.2) is 0 Å². The Morgan fingerprint density at radius 3 is 2.71 bits per heavy atom. The Morgan fingerprint density at radius 2 is 1.96 bits per heavy atom. The maximum Gasteiger partial charge on any atom is 0.274 e. The Balaban J connectivity index is 1.70. The van der Waals surface area contributed by atoms with Crippen LogP contribution in [-0.2, 0) is 16.0 Å². The van der Waals surface area contributed by atoms with Crippen molar-refractivity contribution < 1.29 is 24.3 Å². The van der Waals surface area contributed by atoms with Crippen molar-refractivity contribution in [3.8, 4) is 5.75 Å². The van der Waals surface area contributed by atoms with Crippen LogP contribution in [0, 0.1) is 5.92 Å². The van der Waals surface area contributed by atoms with Crippen LogP contribution in [0.3, 0.4) is 0 Å². The Labute approximate surface area is 140 Å². The third-order valence-electron chi connectivity index (χ3n) is 4.58. The highest BCUT2D eigenvalue weighted by Gasteiger charge is 2.27. The van der Waals surface area contributed by atoms with E-state index in [4.69, 9.17) is 14.7 Å². The summed E-state index contributed by atoms with van der Waals surface area (Å²) in [5.41, 5.74) is 2.86. The van der Waals surface area contributed by atoms with Gasteiger partial charge in [-0.1, -0.05) is 0 Å². The van der Waals surface area contributed by atoms with Gasteiger partial charge in [0.25, 0.3) is 5.91 Å². The predicted octanol–water partition coefficient (Wildman–Crippen LogP) is 0.996. The quantitative estimate of drug-likeness (QED) is 0.622. The summed E-state index contributed by atoms with van der Waals surface area (Å²) in [6.45, 7) is 2.87. The number of fused-ring (bicyclic) bond motifs is 1. The molecule has 2 aliphatic heterocycles. The molecule has 1 saturated heterocycles. The predicted molar refractivity (Wildman–Crippen MR) is 85.0 cm³/mol. The maximum absolute atomic E-state index is 12.7. The molecule has 130 valence electrons. The lowest BCUT2D eigenvalue weighted by Crippen LogP contribution is -2.42. The molecule has 2 amide bonds. The van der Waals surface area contributed by atoms with Gasteiger partial charge in [-0.25, -0.2) is 5.48 Å². The number of hydroxylamine groups is 1. The van der Waals surface area contributed by atoms with Crippen molar-refractivity contribution in [1.29, 1.82) is 0 Å². The van der Waals surface area contributed by atoms with E-state index in [0.29, 0.717) is 44.9 Å². The minimum atomic E-state index is -0.560. The number of rotatable bonds is 2. The van der Waals surface area contributed by atoms with Crippen molar-refractivity contribution in [2.24, 2.45) is 5.92 Å². The second-order valence-corrected chi connectivity index (χ2v) is 6.07. The van der Waals surface area contributed by atoms with Crippen molar-refractivity contribution >= 4 is 11.8 Å². The third kappa shape index (κ3) is 3.68. The first kappa shape index (κ1) is 16.7. The lowest BCUT2D eigenvalue weighted by molar-refractivity contribution is -0.139. The van der Waals surface area contributed by atoms with Gasteiger partial charge >= 0.3 is 0 Å². The van der Waals surface area contributed by atoms with Crippen molar-refractivity contribution in [1.82, 2.24) is 10.4 Å². The Hall–Kier alpha value is -2.12. The summed E-state index contributed by atoms with van der Waals surface area (Å²) in [6.07, 6.45) is 2.15. The van der Waals surface area contributed by atoms with Gasteiger partial charge in [-0.2, -0.15) is 0 Å². The lowest BCUT2D eigenvalue weighted by Gasteiger charge is -2.31. The number of amides is 2. The summed E-state index contributed by atoms with van der Waals surface area (Å²) in [5.74, 6) is 0.358. The Morgan fingerprint density at radius 1 is 1.17 bits per heavy atom. The summed E-state index contributed by atoms with van der Waals surface area (Å²) in [5, 5.41) is 8.76. The molecule has 1 aromatic carbocycles. The van der Waals surface area contributed by atoms with Crippen LogP contribution in [-0.4, -0.2) is 54.8 Å². The molecule has 2 N–H and O–H groups in total. The van der Waals surface area contributed by atoms with Gasteiger partial charge in [0, 0.05) is 31.2 Å². The molecule has 0 bridgehead atoms. The van der Waals surface area contributed by atoms with Crippen LogP contribution in [0.1, 0.15) is 28.8 Å². The second kappa shape index (κ2) is 7.63. The molecule has 0 saturated carbocycles. The number of carbonyl (C=O) groups excluding carboxylic acids is 2. The van der Waals surface area contributed by atoms with E-state index in [0.717, 1.165) is 24.2 Å². The molecule has 2 aliphatic rings. The molecule has 0 atom stereocenters. The standard InChI is InChI=1S/C17H22N2O5/c20-16(18-22)14-1-2-15-13(11-14)3-6-19(7-10-24-15)17(21)12-4-8-23-9-5-12/h1-2,11-12,22H,3-10H2,(H,18,20). The largest absolute Gasteiger partial charge is 0.491 e. The van der Waals surface area contributed by atoms with E-state index in [1.165, 1.54) is 0 Å². The summed E-state index contributed by atoms with van der Waals surface area (Å²) in [4.78, 5) is 26.1. The summed E-state index contributed by atoms with van der Waals surface area (Å²) < 4.78 is 11.1. The zero-order valence-corrected chi connectivity index (χ0v) is 13.5. The number of hydrogen-bond donors (Lipinski definition) is 2. The first-order valence-corrected chi connectivity index (χ1v) is 8.25. The van der Waals surface area contributed by atoms with Crippen LogP contribution in [0.25, 0.3) is 0 Å². The SMILES string of the molecule is O=C(NO)c1ccc2c(c1)CCN(C(=O)C1CCOCC1)CCO2. The van der Waals surface area contributed by atoms with E-state index in [2.05, 4.69) is 0 Å². The number of benzene rings is 1. The minimum absolute atomic E-state index is 0.0316. The molecule has 0 unspecified atom stereocenters. The first-order chi connectivity index (χ1) is 11.7. The number of nitrogens with zero attached hydrogens (tertiary/aromatic N) is 1. The molecule has 1 aromatic rings. The van der Waals surface area contributed by atoms with E-state index >= 15 is 0 Å². The number of ether oxygens (including phenoxy) is 2. The fourth-order valence-corrected chi connectivity index (χ4v) is 3.18. The summed E-state index contributed by atoms with van der Waals surface area (Å²) in [6, 6.07) is 5.04. The van der Waals surface area contributed by atoms with Crippen molar-refractivity contribution in [2.45, 2.75) is 19.3 Å². The van der Waals surface area contributed by atoms with Gasteiger partial charge in [0.1, 0.15) is 12.4 Å². The lowest BCUT2D eigenvalue weighted by atomic mass is 9.98. The maximum atomic E-state index is 12.7. The number of carbonyl (C=O) groups is 2. The highest BCUT2D eigenvalue weighted by atomic mass is 16.5. The fourth-order valence-electron chi connectivity index (χ4n) is 3.18. The van der Waals surface area contributed by atoms with Gasteiger partial charge in [-0.05, 0) is 43.0 Å². The van der Waals surface area contributed by atoms with E-state index in [-0.39, 0.29) is 11.8 Å². The average molecular weight is 334 g/mol. The molecule has 7 heteroatoms. The molecule has 0 aromatic heterocycles. The molecule has 0 radical (unpaired) electrons. The number of hydrogen-bond acceptors (Lipinski definition) is 5. The Kier molecular flexibility index (Phi) is 5.32. The first-order valence-electron chi connectivity index (χ1n) is 8.25. The zero-order valence-electron chi connectivity index (χ0n) is 13.5. The third-order valence-corrected chi connectivity index (χ3v) is 4.58. The van der Waals surface area contributed by atoms with Crippen molar-refractivity contribution in [3.63, 3.8) is 0 Å². The monoisotopic (exact) mass is 334 g/mol. The van der Waals surface area contributed by atoms with E-state index in [1.54, 1.807) is 23.7 Å².